The highest BCUT2D eigenvalue weighted by Crippen LogP contribution is 2.27. The lowest BCUT2D eigenvalue weighted by atomic mass is 10.2. The van der Waals surface area contributed by atoms with Gasteiger partial charge in [0.15, 0.2) is 0 Å². The van der Waals surface area contributed by atoms with Crippen LogP contribution in [0, 0.1) is 0 Å². The standard InChI is InChI=1S/C17H22BrNO7S.C2H6/c1-17(2,3)25-16(21)19-10-12(9-14(19)15(20)24-4)26-27(22,23)13-7-5-11(18)6-8-13;1-2/h5-8,12,14H,9-10H2,1-4H3;1-2H3/t12-,14-;/m0./s1. The van der Waals surface area contributed by atoms with Crippen LogP contribution in [0.1, 0.15) is 41.0 Å². The summed E-state index contributed by atoms with van der Waals surface area (Å²) in [5, 5.41) is 0. The maximum absolute atomic E-state index is 12.5. The second-order valence-corrected chi connectivity index (χ2v) is 9.52. The predicted octanol–water partition coefficient (Wildman–Crippen LogP) is 3.73. The number of ether oxygens (including phenoxy) is 2. The van der Waals surface area contributed by atoms with Crippen molar-refractivity contribution in [2.45, 2.75) is 63.7 Å². The van der Waals surface area contributed by atoms with Crippen molar-refractivity contribution in [2.24, 2.45) is 0 Å². The van der Waals surface area contributed by atoms with E-state index < -0.39 is 39.9 Å². The summed E-state index contributed by atoms with van der Waals surface area (Å²) in [7, 11) is -2.86. The summed E-state index contributed by atoms with van der Waals surface area (Å²) in [5.74, 6) is -0.659. The second-order valence-electron chi connectivity index (χ2n) is 7.03. The molecule has 0 saturated carbocycles. The Bertz CT molecular complexity index is 803. The first-order valence-electron chi connectivity index (χ1n) is 9.19. The monoisotopic (exact) mass is 493 g/mol. The molecule has 0 unspecified atom stereocenters. The number of carbonyl (C=O) groups is 2. The van der Waals surface area contributed by atoms with Crippen LogP contribution in [0.3, 0.4) is 0 Å². The van der Waals surface area contributed by atoms with Gasteiger partial charge in [0, 0.05) is 10.9 Å². The van der Waals surface area contributed by atoms with Crippen molar-refractivity contribution in [3.8, 4) is 0 Å². The third kappa shape index (κ3) is 7.27. The Labute approximate surface area is 180 Å². The minimum Gasteiger partial charge on any atom is -0.467 e. The first-order valence-corrected chi connectivity index (χ1v) is 11.4. The predicted molar refractivity (Wildman–Crippen MR) is 111 cm³/mol. The highest BCUT2D eigenvalue weighted by atomic mass is 79.9. The molecule has 8 nitrogen and oxygen atoms in total. The van der Waals surface area contributed by atoms with E-state index in [1.165, 1.54) is 19.2 Å². The van der Waals surface area contributed by atoms with E-state index in [2.05, 4.69) is 15.9 Å². The third-order valence-electron chi connectivity index (χ3n) is 3.73. The quantitative estimate of drug-likeness (QED) is 0.465. The van der Waals surface area contributed by atoms with Gasteiger partial charge in [-0.2, -0.15) is 8.42 Å². The molecule has 0 spiro atoms. The van der Waals surface area contributed by atoms with E-state index in [-0.39, 0.29) is 17.9 Å². The molecule has 0 aliphatic carbocycles. The molecule has 0 aromatic heterocycles. The van der Waals surface area contributed by atoms with E-state index in [1.807, 2.05) is 13.8 Å². The third-order valence-corrected chi connectivity index (χ3v) is 5.63. The Kier molecular flexibility index (Phi) is 9.10. The highest BCUT2D eigenvalue weighted by Gasteiger charge is 2.44. The van der Waals surface area contributed by atoms with Gasteiger partial charge in [0.2, 0.25) is 0 Å². The largest absolute Gasteiger partial charge is 0.467 e. The van der Waals surface area contributed by atoms with Gasteiger partial charge in [-0.15, -0.1) is 0 Å². The molecular weight excluding hydrogens is 466 g/mol. The van der Waals surface area contributed by atoms with Crippen LogP contribution in [0.5, 0.6) is 0 Å². The Balaban J connectivity index is 0.00000204. The average molecular weight is 494 g/mol. The molecule has 1 aliphatic heterocycles. The summed E-state index contributed by atoms with van der Waals surface area (Å²) in [6.07, 6.45) is -1.64. The topological polar surface area (TPSA) is 99.2 Å². The van der Waals surface area contributed by atoms with Gasteiger partial charge in [0.1, 0.15) is 11.6 Å². The van der Waals surface area contributed by atoms with E-state index in [1.54, 1.807) is 32.9 Å². The van der Waals surface area contributed by atoms with Crippen LogP contribution in [0.2, 0.25) is 0 Å². The second kappa shape index (κ2) is 10.4. The number of carbonyl (C=O) groups excluding carboxylic acids is 2. The SMILES string of the molecule is CC.COC(=O)[C@@H]1C[C@H](OS(=O)(=O)c2ccc(Br)cc2)CN1C(=O)OC(C)(C)C. The molecule has 1 aliphatic rings. The minimum atomic E-state index is -4.05. The van der Waals surface area contributed by atoms with Gasteiger partial charge >= 0.3 is 12.1 Å². The van der Waals surface area contributed by atoms with Crippen LogP contribution in [0.15, 0.2) is 33.6 Å². The maximum atomic E-state index is 12.5. The van der Waals surface area contributed by atoms with E-state index in [0.29, 0.717) is 0 Å². The lowest BCUT2D eigenvalue weighted by Crippen LogP contribution is -2.44. The summed E-state index contributed by atoms with van der Waals surface area (Å²) < 4.78 is 40.9. The first kappa shape index (κ1) is 25.4. The van der Waals surface area contributed by atoms with Crippen molar-refractivity contribution < 1.29 is 31.7 Å². The number of esters is 1. The molecule has 1 aromatic rings. The van der Waals surface area contributed by atoms with Crippen molar-refractivity contribution >= 4 is 38.1 Å². The van der Waals surface area contributed by atoms with Crippen LogP contribution >= 0.6 is 15.9 Å². The summed E-state index contributed by atoms with van der Waals surface area (Å²) >= 11 is 3.23. The molecule has 0 bridgehead atoms. The molecule has 0 radical (unpaired) electrons. The number of hydrogen-bond acceptors (Lipinski definition) is 7. The van der Waals surface area contributed by atoms with Crippen molar-refractivity contribution in [2.75, 3.05) is 13.7 Å². The zero-order valence-electron chi connectivity index (χ0n) is 17.5. The Morgan fingerprint density at radius 2 is 1.69 bits per heavy atom. The molecule has 1 fully saturated rings. The summed E-state index contributed by atoms with van der Waals surface area (Å²) in [6.45, 7) is 8.98. The summed E-state index contributed by atoms with van der Waals surface area (Å²) in [5.41, 5.74) is -0.764. The van der Waals surface area contributed by atoms with Crippen LogP contribution in [-0.4, -0.2) is 56.8 Å². The Hall–Kier alpha value is -1.65. The Morgan fingerprint density at radius 1 is 1.14 bits per heavy atom. The molecule has 0 N–H and O–H groups in total. The first-order chi connectivity index (χ1) is 13.4. The van der Waals surface area contributed by atoms with Crippen LogP contribution in [0.4, 0.5) is 4.79 Å². The zero-order valence-corrected chi connectivity index (χ0v) is 19.9. The average Bonchev–Trinajstić information content (AvgIpc) is 3.05. The lowest BCUT2D eigenvalue weighted by Gasteiger charge is -2.27. The zero-order chi connectivity index (χ0) is 22.4. The van der Waals surface area contributed by atoms with Crippen LogP contribution in [-0.2, 0) is 28.6 Å². The van der Waals surface area contributed by atoms with E-state index >= 15 is 0 Å². The van der Waals surface area contributed by atoms with Gasteiger partial charge in [-0.1, -0.05) is 29.8 Å². The number of rotatable bonds is 4. The van der Waals surface area contributed by atoms with Crippen LogP contribution in [0.25, 0.3) is 0 Å². The van der Waals surface area contributed by atoms with Gasteiger partial charge < -0.3 is 9.47 Å². The molecule has 2 rings (SSSR count). The smallest absolute Gasteiger partial charge is 0.411 e. The number of methoxy groups -OCH3 is 1. The van der Waals surface area contributed by atoms with Gasteiger partial charge in [-0.25, -0.2) is 9.59 Å². The van der Waals surface area contributed by atoms with Crippen molar-refractivity contribution in [1.82, 2.24) is 4.90 Å². The van der Waals surface area contributed by atoms with Crippen molar-refractivity contribution in [3.63, 3.8) is 0 Å². The van der Waals surface area contributed by atoms with E-state index in [9.17, 15) is 18.0 Å². The molecule has 1 heterocycles. The maximum Gasteiger partial charge on any atom is 0.411 e. The van der Waals surface area contributed by atoms with Gasteiger partial charge in [0.05, 0.1) is 24.7 Å². The molecule has 1 saturated heterocycles. The number of benzene rings is 1. The molecule has 29 heavy (non-hydrogen) atoms. The molecule has 10 heteroatoms. The van der Waals surface area contributed by atoms with E-state index in [0.717, 1.165) is 9.37 Å². The van der Waals surface area contributed by atoms with E-state index in [4.69, 9.17) is 13.7 Å². The summed E-state index contributed by atoms with van der Waals surface area (Å²) in [4.78, 5) is 25.5. The number of hydrogen-bond donors (Lipinski definition) is 0. The number of nitrogens with zero attached hydrogens (tertiary/aromatic N) is 1. The van der Waals surface area contributed by atoms with Gasteiger partial charge in [0.25, 0.3) is 10.1 Å². The molecule has 2 atom stereocenters. The lowest BCUT2D eigenvalue weighted by molar-refractivity contribution is -0.145. The molecule has 1 amide bonds. The molecule has 1 aromatic carbocycles. The summed E-state index contributed by atoms with van der Waals surface area (Å²) in [6, 6.07) is 4.98. The number of halogens is 1. The fourth-order valence-electron chi connectivity index (χ4n) is 2.58. The van der Waals surface area contributed by atoms with Gasteiger partial charge in [-0.3, -0.25) is 9.08 Å². The fraction of sp³-hybridized carbons (Fsp3) is 0.579. The fourth-order valence-corrected chi connectivity index (χ4v) is 3.93. The molecular formula is C19H28BrNO7S. The highest BCUT2D eigenvalue weighted by molar-refractivity contribution is 9.10. The van der Waals surface area contributed by atoms with Crippen LogP contribution < -0.4 is 0 Å². The van der Waals surface area contributed by atoms with Crippen molar-refractivity contribution in [3.05, 3.63) is 28.7 Å². The molecule has 164 valence electrons. The normalized spacial score (nSPS) is 19.2. The Morgan fingerprint density at radius 3 is 2.17 bits per heavy atom. The number of amides is 1. The van der Waals surface area contributed by atoms with Crippen molar-refractivity contribution in [1.29, 1.82) is 0 Å². The number of likely N-dealkylation sites (tertiary alicyclic amines) is 1. The van der Waals surface area contributed by atoms with Gasteiger partial charge in [-0.05, 0) is 45.0 Å². The minimum absolute atomic E-state index is 0.0122.